The van der Waals surface area contributed by atoms with E-state index in [-0.39, 0.29) is 0 Å². The van der Waals surface area contributed by atoms with Gasteiger partial charge in [-0.2, -0.15) is 4.98 Å². The number of hydrogen-bond acceptors (Lipinski definition) is 4. The van der Waals surface area contributed by atoms with Crippen molar-refractivity contribution in [2.24, 2.45) is 0 Å². The van der Waals surface area contributed by atoms with Crippen LogP contribution >= 0.6 is 23.4 Å². The third kappa shape index (κ3) is 1.25. The van der Waals surface area contributed by atoms with Gasteiger partial charge in [-0.05, 0) is 6.26 Å². The fraction of sp³-hybridized carbons (Fsp3) is 0.429. The average molecular weight is 203 g/mol. The van der Waals surface area contributed by atoms with E-state index < -0.39 is 0 Å². The lowest BCUT2D eigenvalue weighted by molar-refractivity contribution is 0.342. The van der Waals surface area contributed by atoms with Gasteiger partial charge in [0.15, 0.2) is 5.16 Å². The topological polar surface area (TPSA) is 35.0 Å². The van der Waals surface area contributed by atoms with Crippen LogP contribution in [0.5, 0.6) is 5.88 Å². The lowest BCUT2D eigenvalue weighted by Gasteiger charge is -2.00. The van der Waals surface area contributed by atoms with E-state index in [4.69, 9.17) is 16.3 Å². The fourth-order valence-corrected chi connectivity index (χ4v) is 1.75. The molecule has 0 unspecified atom stereocenters. The molecule has 0 aromatic carbocycles. The molecule has 0 spiro atoms. The normalized spacial score (nSPS) is 14.2. The summed E-state index contributed by atoms with van der Waals surface area (Å²) in [6, 6.07) is 0. The summed E-state index contributed by atoms with van der Waals surface area (Å²) in [5.41, 5.74) is 0.939. The molecule has 0 radical (unpaired) electrons. The molecule has 1 aromatic heterocycles. The van der Waals surface area contributed by atoms with E-state index >= 15 is 0 Å². The zero-order chi connectivity index (χ0) is 8.55. The summed E-state index contributed by atoms with van der Waals surface area (Å²) in [4.78, 5) is 8.28. The number of rotatable bonds is 1. The van der Waals surface area contributed by atoms with Crippen LogP contribution in [0.1, 0.15) is 5.56 Å². The summed E-state index contributed by atoms with van der Waals surface area (Å²) in [6.45, 7) is 0.668. The Hall–Kier alpha value is -0.480. The van der Waals surface area contributed by atoms with Crippen molar-refractivity contribution in [3.63, 3.8) is 0 Å². The van der Waals surface area contributed by atoms with Crippen LogP contribution < -0.4 is 4.74 Å². The molecule has 1 aliphatic rings. The molecule has 5 heteroatoms. The summed E-state index contributed by atoms with van der Waals surface area (Å²) in [5, 5.41) is 1.20. The van der Waals surface area contributed by atoms with E-state index in [2.05, 4.69) is 9.97 Å². The molecular formula is C7H7ClN2OS. The van der Waals surface area contributed by atoms with Crippen molar-refractivity contribution in [2.45, 2.75) is 11.6 Å². The summed E-state index contributed by atoms with van der Waals surface area (Å²) in [7, 11) is 0. The van der Waals surface area contributed by atoms with Crippen LogP contribution in [0.2, 0.25) is 5.15 Å². The number of thioether (sulfide) groups is 1. The third-order valence-corrected chi connectivity index (χ3v) is 2.53. The Morgan fingerprint density at radius 2 is 2.33 bits per heavy atom. The molecule has 1 aromatic rings. The second-order valence-corrected chi connectivity index (χ2v) is 3.51. The van der Waals surface area contributed by atoms with E-state index in [1.54, 1.807) is 0 Å². The van der Waals surface area contributed by atoms with Gasteiger partial charge in [-0.3, -0.25) is 0 Å². The molecule has 0 atom stereocenters. The number of nitrogens with zero attached hydrogens (tertiary/aromatic N) is 2. The Morgan fingerprint density at radius 1 is 1.50 bits per heavy atom. The van der Waals surface area contributed by atoms with Crippen molar-refractivity contribution in [3.8, 4) is 5.88 Å². The Kier molecular flexibility index (Phi) is 2.11. The molecule has 2 heterocycles. The first kappa shape index (κ1) is 8.13. The lowest BCUT2D eigenvalue weighted by atomic mass is 10.3. The van der Waals surface area contributed by atoms with Crippen molar-refractivity contribution < 1.29 is 4.74 Å². The minimum absolute atomic E-state index is 0.529. The SMILES string of the molecule is CSc1nc(Cl)c2c(n1)OCC2. The molecule has 0 saturated heterocycles. The molecule has 64 valence electrons. The number of ether oxygens (including phenoxy) is 1. The zero-order valence-corrected chi connectivity index (χ0v) is 8.08. The Morgan fingerprint density at radius 3 is 3.08 bits per heavy atom. The van der Waals surface area contributed by atoms with Crippen molar-refractivity contribution in [3.05, 3.63) is 10.7 Å². The monoisotopic (exact) mass is 202 g/mol. The number of aromatic nitrogens is 2. The van der Waals surface area contributed by atoms with Crippen molar-refractivity contribution in [1.82, 2.24) is 9.97 Å². The van der Waals surface area contributed by atoms with Gasteiger partial charge in [-0.1, -0.05) is 23.4 Å². The van der Waals surface area contributed by atoms with E-state index in [0.717, 1.165) is 12.0 Å². The second-order valence-electron chi connectivity index (χ2n) is 2.38. The molecule has 12 heavy (non-hydrogen) atoms. The first-order chi connectivity index (χ1) is 5.81. The highest BCUT2D eigenvalue weighted by atomic mass is 35.5. The molecule has 2 rings (SSSR count). The summed E-state index contributed by atoms with van der Waals surface area (Å²) < 4.78 is 5.27. The van der Waals surface area contributed by atoms with Gasteiger partial charge in [-0.15, -0.1) is 0 Å². The minimum Gasteiger partial charge on any atom is -0.477 e. The van der Waals surface area contributed by atoms with Gasteiger partial charge in [0.2, 0.25) is 5.88 Å². The van der Waals surface area contributed by atoms with Crippen molar-refractivity contribution in [1.29, 1.82) is 0 Å². The van der Waals surface area contributed by atoms with Gasteiger partial charge >= 0.3 is 0 Å². The second kappa shape index (κ2) is 3.11. The molecule has 0 saturated carbocycles. The highest BCUT2D eigenvalue weighted by Gasteiger charge is 2.19. The molecule has 1 aliphatic heterocycles. The van der Waals surface area contributed by atoms with Crippen LogP contribution in [0.3, 0.4) is 0 Å². The smallest absolute Gasteiger partial charge is 0.222 e. The lowest BCUT2D eigenvalue weighted by Crippen LogP contribution is -1.91. The summed E-state index contributed by atoms with van der Waals surface area (Å²) in [5.74, 6) is 0.652. The van der Waals surface area contributed by atoms with Crippen molar-refractivity contribution in [2.75, 3.05) is 12.9 Å². The van der Waals surface area contributed by atoms with Crippen LogP contribution in [0.4, 0.5) is 0 Å². The maximum Gasteiger partial charge on any atom is 0.222 e. The zero-order valence-electron chi connectivity index (χ0n) is 6.50. The Labute approximate surface area is 79.5 Å². The van der Waals surface area contributed by atoms with E-state index in [1.807, 2.05) is 6.26 Å². The molecule has 0 bridgehead atoms. The molecule has 3 nitrogen and oxygen atoms in total. The van der Waals surface area contributed by atoms with Gasteiger partial charge in [-0.25, -0.2) is 4.98 Å². The highest BCUT2D eigenvalue weighted by Crippen LogP contribution is 2.29. The van der Waals surface area contributed by atoms with Gasteiger partial charge in [0.1, 0.15) is 5.15 Å². The fourth-order valence-electron chi connectivity index (χ4n) is 1.09. The van der Waals surface area contributed by atoms with E-state index in [0.29, 0.717) is 22.8 Å². The predicted molar refractivity (Wildman–Crippen MR) is 48.0 cm³/mol. The molecular weight excluding hydrogens is 196 g/mol. The van der Waals surface area contributed by atoms with E-state index in [9.17, 15) is 0 Å². The largest absolute Gasteiger partial charge is 0.477 e. The van der Waals surface area contributed by atoms with Gasteiger partial charge in [0, 0.05) is 6.42 Å². The first-order valence-electron chi connectivity index (χ1n) is 3.54. The standard InChI is InChI=1S/C7H7ClN2OS/c1-12-7-9-5(8)4-2-3-11-6(4)10-7/h2-3H2,1H3. The van der Waals surface area contributed by atoms with E-state index in [1.165, 1.54) is 11.8 Å². The van der Waals surface area contributed by atoms with Crippen LogP contribution in [0.25, 0.3) is 0 Å². The quantitative estimate of drug-likeness (QED) is 0.395. The Balaban J connectivity index is 2.51. The third-order valence-electron chi connectivity index (χ3n) is 1.67. The van der Waals surface area contributed by atoms with Gasteiger partial charge in [0.25, 0.3) is 0 Å². The van der Waals surface area contributed by atoms with Gasteiger partial charge in [0.05, 0.1) is 12.2 Å². The number of hydrogen-bond donors (Lipinski definition) is 0. The van der Waals surface area contributed by atoms with Crippen LogP contribution in [0.15, 0.2) is 5.16 Å². The molecule has 0 aliphatic carbocycles. The first-order valence-corrected chi connectivity index (χ1v) is 5.14. The molecule has 0 fully saturated rings. The average Bonchev–Trinajstić information content (AvgIpc) is 2.52. The van der Waals surface area contributed by atoms with Crippen molar-refractivity contribution >= 4 is 23.4 Å². The summed E-state index contributed by atoms with van der Waals surface area (Å²) >= 11 is 7.37. The Bertz CT molecular complexity index is 319. The minimum atomic E-state index is 0.529. The maximum absolute atomic E-state index is 5.91. The van der Waals surface area contributed by atoms with Crippen LogP contribution in [-0.4, -0.2) is 22.8 Å². The summed E-state index contributed by atoms with van der Waals surface area (Å²) in [6.07, 6.45) is 2.73. The predicted octanol–water partition coefficient (Wildman–Crippen LogP) is 1.79. The molecule has 0 amide bonds. The number of halogens is 1. The number of fused-ring (bicyclic) bond motifs is 1. The molecule has 0 N–H and O–H groups in total. The van der Waals surface area contributed by atoms with Gasteiger partial charge < -0.3 is 4.74 Å². The maximum atomic E-state index is 5.91. The van der Waals surface area contributed by atoms with Crippen LogP contribution in [-0.2, 0) is 6.42 Å². The van der Waals surface area contributed by atoms with Crippen LogP contribution in [0, 0.1) is 0 Å². The highest BCUT2D eigenvalue weighted by molar-refractivity contribution is 7.98.